The van der Waals surface area contributed by atoms with Crippen molar-refractivity contribution in [1.82, 2.24) is 14.7 Å². The van der Waals surface area contributed by atoms with Gasteiger partial charge in [-0.25, -0.2) is 4.79 Å². The quantitative estimate of drug-likeness (QED) is 0.795. The molecule has 7 nitrogen and oxygen atoms in total. The van der Waals surface area contributed by atoms with Crippen LogP contribution < -0.4 is 0 Å². The van der Waals surface area contributed by atoms with E-state index in [0.717, 1.165) is 5.69 Å². The van der Waals surface area contributed by atoms with Crippen LogP contribution in [0.2, 0.25) is 0 Å². The van der Waals surface area contributed by atoms with Crippen LogP contribution in [0.5, 0.6) is 0 Å². The van der Waals surface area contributed by atoms with E-state index in [2.05, 4.69) is 5.10 Å². The molecule has 0 aliphatic carbocycles. The Kier molecular flexibility index (Phi) is 3.32. The number of rotatable bonds is 4. The number of carbonyl (C=O) groups is 2. The standard InChI is InChI=1S/C15H19N3O4/c1-4-17-7(2)5-10(16-17)9-6-11-12(8(3)19)14(20)18(11)13(9)15(21)22/h5,8,11-12,19H,4,6H2,1-3H3,(H,21,22)/t8-,11-,12-/m1/s1. The van der Waals surface area contributed by atoms with Crippen LogP contribution in [0, 0.1) is 12.8 Å². The number of nitrogens with zero attached hydrogens (tertiary/aromatic N) is 3. The molecule has 3 atom stereocenters. The molecule has 0 saturated carbocycles. The number of aliphatic carboxylic acids is 1. The highest BCUT2D eigenvalue weighted by atomic mass is 16.4. The smallest absolute Gasteiger partial charge is 0.352 e. The lowest BCUT2D eigenvalue weighted by atomic mass is 9.83. The van der Waals surface area contributed by atoms with Gasteiger partial charge in [0.25, 0.3) is 0 Å². The van der Waals surface area contributed by atoms with E-state index in [1.165, 1.54) is 4.90 Å². The number of carboxylic acids is 1. The molecule has 1 aromatic heterocycles. The number of β-lactam (4-membered cyclic amide) rings is 1. The second-order valence-corrected chi connectivity index (χ2v) is 5.87. The van der Waals surface area contributed by atoms with Gasteiger partial charge in [0.05, 0.1) is 23.8 Å². The molecule has 0 unspecified atom stereocenters. The summed E-state index contributed by atoms with van der Waals surface area (Å²) in [5.74, 6) is -1.97. The van der Waals surface area contributed by atoms with Crippen LogP contribution in [-0.2, 0) is 16.1 Å². The van der Waals surface area contributed by atoms with Gasteiger partial charge < -0.3 is 15.1 Å². The van der Waals surface area contributed by atoms with E-state index in [1.807, 2.05) is 19.9 Å². The summed E-state index contributed by atoms with van der Waals surface area (Å²) in [7, 11) is 0. The Morgan fingerprint density at radius 2 is 2.23 bits per heavy atom. The monoisotopic (exact) mass is 305 g/mol. The summed E-state index contributed by atoms with van der Waals surface area (Å²) in [5, 5.41) is 23.6. The highest BCUT2D eigenvalue weighted by Gasteiger charge is 2.57. The first-order valence-corrected chi connectivity index (χ1v) is 7.39. The summed E-state index contributed by atoms with van der Waals surface area (Å²) < 4.78 is 1.80. The van der Waals surface area contributed by atoms with Crippen LogP contribution in [0.15, 0.2) is 11.8 Å². The normalized spacial score (nSPS) is 25.3. The van der Waals surface area contributed by atoms with Crippen molar-refractivity contribution in [3.63, 3.8) is 0 Å². The van der Waals surface area contributed by atoms with Crippen molar-refractivity contribution in [1.29, 1.82) is 0 Å². The largest absolute Gasteiger partial charge is 0.477 e. The third kappa shape index (κ3) is 1.89. The molecule has 0 radical (unpaired) electrons. The maximum atomic E-state index is 12.1. The summed E-state index contributed by atoms with van der Waals surface area (Å²) >= 11 is 0. The van der Waals surface area contributed by atoms with E-state index in [-0.39, 0.29) is 17.6 Å². The lowest BCUT2D eigenvalue weighted by Crippen LogP contribution is -2.61. The Morgan fingerprint density at radius 3 is 2.73 bits per heavy atom. The second kappa shape index (κ2) is 4.95. The van der Waals surface area contributed by atoms with E-state index in [0.29, 0.717) is 24.2 Å². The van der Waals surface area contributed by atoms with E-state index in [1.54, 1.807) is 11.6 Å². The zero-order valence-corrected chi connectivity index (χ0v) is 12.8. The summed E-state index contributed by atoms with van der Waals surface area (Å²) in [6.07, 6.45) is -0.360. The third-order valence-corrected chi connectivity index (χ3v) is 4.52. The minimum absolute atomic E-state index is 0.00709. The Bertz CT molecular complexity index is 689. The first-order chi connectivity index (χ1) is 10.4. The summed E-state index contributed by atoms with van der Waals surface area (Å²) in [4.78, 5) is 25.1. The molecule has 3 rings (SSSR count). The molecule has 7 heteroatoms. The fourth-order valence-electron chi connectivity index (χ4n) is 3.48. The summed E-state index contributed by atoms with van der Waals surface area (Å²) in [5.41, 5.74) is 2.13. The van der Waals surface area contributed by atoms with Crippen molar-refractivity contribution in [2.45, 2.75) is 45.9 Å². The number of hydrogen-bond donors (Lipinski definition) is 2. The molecule has 0 spiro atoms. The van der Waals surface area contributed by atoms with Crippen molar-refractivity contribution in [2.24, 2.45) is 5.92 Å². The van der Waals surface area contributed by atoms with Gasteiger partial charge in [0.1, 0.15) is 5.70 Å². The molecular weight excluding hydrogens is 286 g/mol. The van der Waals surface area contributed by atoms with Crippen molar-refractivity contribution in [3.8, 4) is 0 Å². The predicted octanol–water partition coefficient (Wildman–Crippen LogP) is 0.619. The van der Waals surface area contributed by atoms with Gasteiger partial charge in [0, 0.05) is 17.8 Å². The molecule has 2 aliphatic heterocycles. The summed E-state index contributed by atoms with van der Waals surface area (Å²) in [6, 6.07) is 1.57. The fourth-order valence-corrected chi connectivity index (χ4v) is 3.48. The van der Waals surface area contributed by atoms with Crippen LogP contribution in [0.3, 0.4) is 0 Å². The van der Waals surface area contributed by atoms with E-state index in [4.69, 9.17) is 0 Å². The molecule has 22 heavy (non-hydrogen) atoms. The van der Waals surface area contributed by atoms with Crippen molar-refractivity contribution in [3.05, 3.63) is 23.2 Å². The van der Waals surface area contributed by atoms with Crippen molar-refractivity contribution < 1.29 is 19.8 Å². The molecule has 0 aromatic carbocycles. The second-order valence-electron chi connectivity index (χ2n) is 5.87. The molecule has 1 amide bonds. The average molecular weight is 305 g/mol. The van der Waals surface area contributed by atoms with Gasteiger partial charge in [0.15, 0.2) is 0 Å². The van der Waals surface area contributed by atoms with Gasteiger partial charge in [0.2, 0.25) is 5.91 Å². The molecule has 1 saturated heterocycles. The van der Waals surface area contributed by atoms with E-state index < -0.39 is 18.0 Å². The fraction of sp³-hybridized carbons (Fsp3) is 0.533. The minimum atomic E-state index is -1.13. The number of aromatic nitrogens is 2. The Balaban J connectivity index is 2.03. The predicted molar refractivity (Wildman–Crippen MR) is 77.6 cm³/mol. The van der Waals surface area contributed by atoms with Crippen LogP contribution in [0.1, 0.15) is 31.7 Å². The number of carboxylic acid groups (broad SMARTS) is 1. The van der Waals surface area contributed by atoms with Crippen LogP contribution >= 0.6 is 0 Å². The molecule has 2 N–H and O–H groups in total. The van der Waals surface area contributed by atoms with Gasteiger partial charge in [-0.05, 0) is 33.3 Å². The number of amides is 1. The van der Waals surface area contributed by atoms with Gasteiger partial charge in [-0.1, -0.05) is 0 Å². The third-order valence-electron chi connectivity index (χ3n) is 4.52. The van der Waals surface area contributed by atoms with Crippen LogP contribution in [-0.4, -0.2) is 48.9 Å². The number of hydrogen-bond acceptors (Lipinski definition) is 4. The highest BCUT2D eigenvalue weighted by molar-refractivity contribution is 6.05. The molecule has 118 valence electrons. The Labute approximate surface area is 127 Å². The number of aliphatic hydroxyl groups is 1. The van der Waals surface area contributed by atoms with Gasteiger partial charge in [-0.3, -0.25) is 9.48 Å². The number of aryl methyl sites for hydroxylation is 2. The highest BCUT2D eigenvalue weighted by Crippen LogP contribution is 2.46. The first-order valence-electron chi connectivity index (χ1n) is 7.39. The van der Waals surface area contributed by atoms with Gasteiger partial charge in [-0.15, -0.1) is 0 Å². The van der Waals surface area contributed by atoms with Crippen LogP contribution in [0.25, 0.3) is 5.57 Å². The molecule has 0 bridgehead atoms. The lowest BCUT2D eigenvalue weighted by molar-refractivity contribution is -0.161. The SMILES string of the molecule is CCn1nc(C2=C(C(=O)O)N3C(=O)[C@H]([C@@H](C)O)[C@H]3C2)cc1C. The number of carbonyl (C=O) groups excluding carboxylic acids is 1. The van der Waals surface area contributed by atoms with Crippen molar-refractivity contribution >= 4 is 17.4 Å². The zero-order chi connectivity index (χ0) is 16.2. The Morgan fingerprint density at radius 1 is 1.55 bits per heavy atom. The molecule has 1 fully saturated rings. The molecule has 2 aliphatic rings. The maximum absolute atomic E-state index is 12.1. The first kappa shape index (κ1) is 14.8. The topological polar surface area (TPSA) is 95.7 Å². The molecule has 1 aromatic rings. The van der Waals surface area contributed by atoms with Gasteiger partial charge in [-0.2, -0.15) is 5.10 Å². The Hall–Kier alpha value is -2.15. The summed E-state index contributed by atoms with van der Waals surface area (Å²) in [6.45, 7) is 6.14. The van der Waals surface area contributed by atoms with Gasteiger partial charge >= 0.3 is 5.97 Å². The van der Waals surface area contributed by atoms with E-state index in [9.17, 15) is 19.8 Å². The molecular formula is C15H19N3O4. The van der Waals surface area contributed by atoms with Crippen LogP contribution in [0.4, 0.5) is 0 Å². The number of fused-ring (bicyclic) bond motifs is 1. The van der Waals surface area contributed by atoms with Crippen molar-refractivity contribution in [2.75, 3.05) is 0 Å². The number of aliphatic hydroxyl groups excluding tert-OH is 1. The average Bonchev–Trinajstić information content (AvgIpc) is 2.96. The zero-order valence-electron chi connectivity index (χ0n) is 12.8. The maximum Gasteiger partial charge on any atom is 0.352 e. The lowest BCUT2D eigenvalue weighted by Gasteiger charge is -2.44. The van der Waals surface area contributed by atoms with E-state index >= 15 is 0 Å². The molecule has 3 heterocycles. The minimum Gasteiger partial charge on any atom is -0.477 e.